The summed E-state index contributed by atoms with van der Waals surface area (Å²) in [7, 11) is 0. The minimum atomic E-state index is -0.484. The molecule has 0 spiro atoms. The Kier molecular flexibility index (Phi) is 4.74. The SMILES string of the molecule is CCOC(=O)c1c(-c2ccc(F)cc2)oc2ccc(OC(C)C)cc12. The van der Waals surface area contributed by atoms with Crippen molar-refractivity contribution in [2.24, 2.45) is 0 Å². The summed E-state index contributed by atoms with van der Waals surface area (Å²) >= 11 is 0. The first-order chi connectivity index (χ1) is 12.0. The molecule has 0 amide bonds. The molecule has 0 aliphatic heterocycles. The van der Waals surface area contributed by atoms with Gasteiger partial charge in [-0.3, -0.25) is 0 Å². The zero-order valence-electron chi connectivity index (χ0n) is 14.3. The van der Waals surface area contributed by atoms with Crippen LogP contribution in [0, 0.1) is 5.82 Å². The van der Waals surface area contributed by atoms with Crippen LogP contribution in [0.5, 0.6) is 5.75 Å². The van der Waals surface area contributed by atoms with Crippen LogP contribution in [0.15, 0.2) is 46.9 Å². The molecule has 130 valence electrons. The van der Waals surface area contributed by atoms with Crippen molar-refractivity contribution >= 4 is 16.9 Å². The molecule has 25 heavy (non-hydrogen) atoms. The van der Waals surface area contributed by atoms with E-state index in [1.165, 1.54) is 12.1 Å². The van der Waals surface area contributed by atoms with Crippen molar-refractivity contribution < 1.29 is 23.1 Å². The lowest BCUT2D eigenvalue weighted by Crippen LogP contribution is -2.06. The number of rotatable bonds is 5. The number of hydrogen-bond donors (Lipinski definition) is 0. The summed E-state index contributed by atoms with van der Waals surface area (Å²) in [6.07, 6.45) is 0.00645. The largest absolute Gasteiger partial charge is 0.491 e. The predicted octanol–water partition coefficient (Wildman–Crippen LogP) is 5.20. The molecule has 0 bridgehead atoms. The number of benzene rings is 2. The van der Waals surface area contributed by atoms with E-state index in [1.54, 1.807) is 37.3 Å². The molecular formula is C20H19FO4. The Morgan fingerprint density at radius 2 is 1.88 bits per heavy atom. The van der Waals surface area contributed by atoms with E-state index < -0.39 is 5.97 Å². The Bertz CT molecular complexity index is 894. The van der Waals surface area contributed by atoms with Gasteiger partial charge in [0.25, 0.3) is 0 Å². The molecule has 2 aromatic carbocycles. The number of halogens is 1. The van der Waals surface area contributed by atoms with Crippen LogP contribution in [0.25, 0.3) is 22.3 Å². The van der Waals surface area contributed by atoms with E-state index in [1.807, 2.05) is 13.8 Å². The highest BCUT2D eigenvalue weighted by molar-refractivity contribution is 6.09. The Labute approximate surface area is 145 Å². The molecule has 0 fully saturated rings. The lowest BCUT2D eigenvalue weighted by molar-refractivity contribution is 0.0529. The fraction of sp³-hybridized carbons (Fsp3) is 0.250. The number of hydrogen-bond acceptors (Lipinski definition) is 4. The summed E-state index contributed by atoms with van der Waals surface area (Å²) in [6, 6.07) is 11.1. The predicted molar refractivity (Wildman–Crippen MR) is 93.3 cm³/mol. The smallest absolute Gasteiger partial charge is 0.342 e. The topological polar surface area (TPSA) is 48.7 Å². The number of carbonyl (C=O) groups excluding carboxylic acids is 1. The molecule has 0 aliphatic carbocycles. The zero-order chi connectivity index (χ0) is 18.0. The summed E-state index contributed by atoms with van der Waals surface area (Å²) in [5.74, 6) is 0.155. The Morgan fingerprint density at radius 3 is 2.52 bits per heavy atom. The van der Waals surface area contributed by atoms with Gasteiger partial charge in [-0.2, -0.15) is 0 Å². The second kappa shape index (κ2) is 6.97. The normalized spacial score (nSPS) is 11.1. The van der Waals surface area contributed by atoms with Crippen LogP contribution in [-0.2, 0) is 4.74 Å². The molecule has 0 saturated carbocycles. The average Bonchev–Trinajstić information content (AvgIpc) is 2.94. The van der Waals surface area contributed by atoms with Crippen molar-refractivity contribution in [3.05, 3.63) is 53.8 Å². The molecule has 0 atom stereocenters. The lowest BCUT2D eigenvalue weighted by atomic mass is 10.1. The molecule has 1 aromatic heterocycles. The quantitative estimate of drug-likeness (QED) is 0.598. The van der Waals surface area contributed by atoms with Crippen LogP contribution in [-0.4, -0.2) is 18.7 Å². The van der Waals surface area contributed by atoms with Crippen LogP contribution in [0.3, 0.4) is 0 Å². The monoisotopic (exact) mass is 342 g/mol. The van der Waals surface area contributed by atoms with E-state index in [4.69, 9.17) is 13.9 Å². The minimum absolute atomic E-state index is 0.00645. The fourth-order valence-electron chi connectivity index (χ4n) is 2.63. The van der Waals surface area contributed by atoms with Crippen molar-refractivity contribution in [3.8, 4) is 17.1 Å². The fourth-order valence-corrected chi connectivity index (χ4v) is 2.63. The molecular weight excluding hydrogens is 323 g/mol. The van der Waals surface area contributed by atoms with Gasteiger partial charge >= 0.3 is 5.97 Å². The van der Waals surface area contributed by atoms with E-state index in [9.17, 15) is 9.18 Å². The van der Waals surface area contributed by atoms with E-state index >= 15 is 0 Å². The van der Waals surface area contributed by atoms with E-state index in [-0.39, 0.29) is 18.5 Å². The third kappa shape index (κ3) is 3.50. The van der Waals surface area contributed by atoms with E-state index in [2.05, 4.69) is 0 Å². The van der Waals surface area contributed by atoms with Crippen LogP contribution >= 0.6 is 0 Å². The van der Waals surface area contributed by atoms with Gasteiger partial charge in [-0.25, -0.2) is 9.18 Å². The van der Waals surface area contributed by atoms with Gasteiger partial charge in [0, 0.05) is 10.9 Å². The molecule has 3 rings (SSSR count). The molecule has 4 nitrogen and oxygen atoms in total. The number of carbonyl (C=O) groups is 1. The molecule has 0 radical (unpaired) electrons. The van der Waals surface area contributed by atoms with Crippen molar-refractivity contribution in [1.29, 1.82) is 0 Å². The van der Waals surface area contributed by atoms with Crippen LogP contribution in [0.2, 0.25) is 0 Å². The standard InChI is InChI=1S/C20H19FO4/c1-4-23-20(22)18-16-11-15(24-12(2)3)9-10-17(16)25-19(18)13-5-7-14(21)8-6-13/h5-12H,4H2,1-3H3. The molecule has 0 N–H and O–H groups in total. The Morgan fingerprint density at radius 1 is 1.16 bits per heavy atom. The van der Waals surface area contributed by atoms with Gasteiger partial charge in [0.05, 0.1) is 12.7 Å². The number of ether oxygens (including phenoxy) is 2. The van der Waals surface area contributed by atoms with Gasteiger partial charge < -0.3 is 13.9 Å². The van der Waals surface area contributed by atoms with Crippen molar-refractivity contribution in [1.82, 2.24) is 0 Å². The highest BCUT2D eigenvalue weighted by Gasteiger charge is 2.23. The maximum Gasteiger partial charge on any atom is 0.342 e. The molecule has 1 heterocycles. The molecule has 0 unspecified atom stereocenters. The third-order valence-corrected chi connectivity index (χ3v) is 3.62. The van der Waals surface area contributed by atoms with Gasteiger partial charge in [0.2, 0.25) is 0 Å². The van der Waals surface area contributed by atoms with Gasteiger partial charge in [-0.15, -0.1) is 0 Å². The minimum Gasteiger partial charge on any atom is -0.491 e. The van der Waals surface area contributed by atoms with Gasteiger partial charge in [-0.1, -0.05) is 0 Å². The van der Waals surface area contributed by atoms with Crippen LogP contribution < -0.4 is 4.74 Å². The first kappa shape index (κ1) is 17.0. The molecule has 3 aromatic rings. The highest BCUT2D eigenvalue weighted by Crippen LogP contribution is 2.36. The summed E-state index contributed by atoms with van der Waals surface area (Å²) in [4.78, 5) is 12.5. The van der Waals surface area contributed by atoms with Crippen molar-refractivity contribution in [2.45, 2.75) is 26.9 Å². The van der Waals surface area contributed by atoms with Gasteiger partial charge in [0.15, 0.2) is 0 Å². The average molecular weight is 342 g/mol. The van der Waals surface area contributed by atoms with Crippen molar-refractivity contribution in [3.63, 3.8) is 0 Å². The van der Waals surface area contributed by atoms with Gasteiger partial charge in [0.1, 0.15) is 28.5 Å². The summed E-state index contributed by atoms with van der Waals surface area (Å²) in [5, 5.41) is 0.607. The second-order valence-electron chi connectivity index (χ2n) is 5.86. The van der Waals surface area contributed by atoms with E-state index in [0.29, 0.717) is 33.6 Å². The summed E-state index contributed by atoms with van der Waals surface area (Å²) < 4.78 is 30.0. The van der Waals surface area contributed by atoms with E-state index in [0.717, 1.165) is 0 Å². The maximum absolute atomic E-state index is 13.2. The Hall–Kier alpha value is -2.82. The van der Waals surface area contributed by atoms with Crippen LogP contribution in [0.4, 0.5) is 4.39 Å². The summed E-state index contributed by atoms with van der Waals surface area (Å²) in [5.41, 5.74) is 1.46. The lowest BCUT2D eigenvalue weighted by Gasteiger charge is -2.09. The first-order valence-corrected chi connectivity index (χ1v) is 8.16. The maximum atomic E-state index is 13.2. The molecule has 0 aliphatic rings. The third-order valence-electron chi connectivity index (χ3n) is 3.62. The molecule has 5 heteroatoms. The summed E-state index contributed by atoms with van der Waals surface area (Å²) in [6.45, 7) is 5.84. The number of fused-ring (bicyclic) bond motifs is 1. The van der Waals surface area contributed by atoms with Crippen LogP contribution in [0.1, 0.15) is 31.1 Å². The first-order valence-electron chi connectivity index (χ1n) is 8.16. The van der Waals surface area contributed by atoms with Gasteiger partial charge in [-0.05, 0) is 63.2 Å². The zero-order valence-corrected chi connectivity index (χ0v) is 14.3. The highest BCUT2D eigenvalue weighted by atomic mass is 19.1. The second-order valence-corrected chi connectivity index (χ2v) is 5.86. The number of furan rings is 1. The number of esters is 1. The Balaban J connectivity index is 2.19. The molecule has 0 saturated heterocycles. The van der Waals surface area contributed by atoms with Crippen molar-refractivity contribution in [2.75, 3.05) is 6.61 Å².